The Kier molecular flexibility index (Phi) is 2.89. The summed E-state index contributed by atoms with van der Waals surface area (Å²) in [5.41, 5.74) is 1.20. The van der Waals surface area contributed by atoms with E-state index >= 15 is 0 Å². The van der Waals surface area contributed by atoms with Gasteiger partial charge in [0, 0.05) is 28.4 Å². The maximum Gasteiger partial charge on any atom is 0.0700 e. The molecule has 0 aliphatic heterocycles. The van der Waals surface area contributed by atoms with Crippen molar-refractivity contribution < 1.29 is 0 Å². The second kappa shape index (κ2) is 4.55. The average Bonchev–Trinajstić information content (AvgIpc) is 2.96. The van der Waals surface area contributed by atoms with Crippen LogP contribution in [0.2, 0.25) is 0 Å². The number of benzene rings is 1. The number of nitrogens with zero attached hydrogens (tertiary/aromatic N) is 2. The Bertz CT molecular complexity index is 635. The summed E-state index contributed by atoms with van der Waals surface area (Å²) in [7, 11) is 3.93. The lowest BCUT2D eigenvalue weighted by Gasteiger charge is -2.11. The Hall–Kier alpha value is -1.65. The fourth-order valence-corrected chi connectivity index (χ4v) is 3.41. The van der Waals surface area contributed by atoms with Crippen molar-refractivity contribution in [3.63, 3.8) is 0 Å². The molecule has 1 N–H and O–H groups in total. The van der Waals surface area contributed by atoms with E-state index in [0.717, 1.165) is 0 Å². The third kappa shape index (κ3) is 1.94. The Balaban J connectivity index is 2.05. The molecule has 1 aromatic carbocycles. The molecule has 3 nitrogen and oxygen atoms in total. The number of fused-ring (bicyclic) bond motifs is 1. The van der Waals surface area contributed by atoms with Crippen LogP contribution >= 0.6 is 11.3 Å². The lowest BCUT2D eigenvalue weighted by atomic mass is 10.1. The summed E-state index contributed by atoms with van der Waals surface area (Å²) in [6.07, 6.45) is 3.98. The van der Waals surface area contributed by atoms with Crippen molar-refractivity contribution in [2.45, 2.75) is 6.04 Å². The first-order valence-electron chi connectivity index (χ1n) is 5.92. The first-order valence-corrected chi connectivity index (χ1v) is 6.74. The van der Waals surface area contributed by atoms with Gasteiger partial charge in [0.2, 0.25) is 0 Å². The van der Waals surface area contributed by atoms with Crippen molar-refractivity contribution in [1.29, 1.82) is 0 Å². The molecule has 3 rings (SSSR count). The first kappa shape index (κ1) is 11.4. The molecule has 92 valence electrons. The van der Waals surface area contributed by atoms with Gasteiger partial charge in [0.1, 0.15) is 0 Å². The Labute approximate surface area is 110 Å². The number of hydrogen-bond acceptors (Lipinski definition) is 3. The molecular weight excluding hydrogens is 242 g/mol. The molecule has 18 heavy (non-hydrogen) atoms. The molecule has 0 aliphatic carbocycles. The van der Waals surface area contributed by atoms with E-state index in [2.05, 4.69) is 46.9 Å². The molecule has 0 spiro atoms. The van der Waals surface area contributed by atoms with Gasteiger partial charge in [0.25, 0.3) is 0 Å². The molecule has 0 amide bonds. The zero-order valence-corrected chi connectivity index (χ0v) is 11.2. The van der Waals surface area contributed by atoms with Crippen molar-refractivity contribution in [1.82, 2.24) is 15.1 Å². The number of rotatable bonds is 3. The molecule has 0 radical (unpaired) electrons. The fraction of sp³-hybridized carbons (Fsp3) is 0.214. The SMILES string of the molecule is CNC(c1cnn(C)c1)c1cc2ccccc2s1. The van der Waals surface area contributed by atoms with Gasteiger partial charge in [-0.15, -0.1) is 11.3 Å². The summed E-state index contributed by atoms with van der Waals surface area (Å²) < 4.78 is 3.17. The van der Waals surface area contributed by atoms with Crippen LogP contribution in [0.15, 0.2) is 42.7 Å². The molecule has 0 aliphatic rings. The zero-order chi connectivity index (χ0) is 12.5. The van der Waals surface area contributed by atoms with Gasteiger partial charge in [-0.05, 0) is 24.6 Å². The highest BCUT2D eigenvalue weighted by molar-refractivity contribution is 7.19. The maximum absolute atomic E-state index is 4.25. The fourth-order valence-electron chi connectivity index (χ4n) is 2.21. The molecule has 1 unspecified atom stereocenters. The largest absolute Gasteiger partial charge is 0.309 e. The van der Waals surface area contributed by atoms with Crippen LogP contribution in [0.3, 0.4) is 0 Å². The van der Waals surface area contributed by atoms with Gasteiger partial charge in [0.05, 0.1) is 12.2 Å². The zero-order valence-electron chi connectivity index (χ0n) is 10.4. The highest BCUT2D eigenvalue weighted by Gasteiger charge is 2.16. The minimum atomic E-state index is 0.219. The standard InChI is InChI=1S/C14H15N3S/c1-15-14(11-8-16-17(2)9-11)13-7-10-5-3-4-6-12(10)18-13/h3-9,14-15H,1-2H3. The average molecular weight is 257 g/mol. The van der Waals surface area contributed by atoms with Crippen LogP contribution in [-0.2, 0) is 7.05 Å². The second-order valence-corrected chi connectivity index (χ2v) is 5.47. The predicted molar refractivity (Wildman–Crippen MR) is 75.9 cm³/mol. The second-order valence-electron chi connectivity index (χ2n) is 4.36. The number of hydrogen-bond donors (Lipinski definition) is 1. The molecule has 0 saturated carbocycles. The quantitative estimate of drug-likeness (QED) is 0.782. The van der Waals surface area contributed by atoms with Crippen molar-refractivity contribution >= 4 is 21.4 Å². The van der Waals surface area contributed by atoms with E-state index in [0.29, 0.717) is 0 Å². The molecule has 2 heterocycles. The van der Waals surface area contributed by atoms with Crippen LogP contribution in [0.5, 0.6) is 0 Å². The van der Waals surface area contributed by atoms with Gasteiger partial charge in [-0.25, -0.2) is 0 Å². The van der Waals surface area contributed by atoms with Gasteiger partial charge >= 0.3 is 0 Å². The van der Waals surface area contributed by atoms with Gasteiger partial charge in [-0.2, -0.15) is 5.10 Å². The normalized spacial score (nSPS) is 13.0. The van der Waals surface area contributed by atoms with E-state index in [4.69, 9.17) is 0 Å². The molecule has 2 aromatic heterocycles. The number of nitrogens with one attached hydrogen (secondary N) is 1. The molecular formula is C14H15N3S. The van der Waals surface area contributed by atoms with E-state index in [1.807, 2.05) is 36.3 Å². The van der Waals surface area contributed by atoms with E-state index in [1.165, 1.54) is 20.5 Å². The van der Waals surface area contributed by atoms with E-state index in [9.17, 15) is 0 Å². The summed E-state index contributed by atoms with van der Waals surface area (Å²) >= 11 is 1.83. The third-order valence-corrected chi connectivity index (χ3v) is 4.26. The van der Waals surface area contributed by atoms with Crippen LogP contribution < -0.4 is 5.32 Å². The monoisotopic (exact) mass is 257 g/mol. The maximum atomic E-state index is 4.25. The van der Waals surface area contributed by atoms with Crippen molar-refractivity contribution in [3.05, 3.63) is 53.2 Å². The summed E-state index contributed by atoms with van der Waals surface area (Å²) in [6, 6.07) is 11.0. The summed E-state index contributed by atoms with van der Waals surface area (Å²) in [4.78, 5) is 1.33. The van der Waals surface area contributed by atoms with Gasteiger partial charge in [-0.1, -0.05) is 18.2 Å². The minimum absolute atomic E-state index is 0.219. The van der Waals surface area contributed by atoms with Crippen molar-refractivity contribution in [2.75, 3.05) is 7.05 Å². The number of aromatic nitrogens is 2. The lowest BCUT2D eigenvalue weighted by molar-refractivity contribution is 0.701. The van der Waals surface area contributed by atoms with Crippen LogP contribution in [0.25, 0.3) is 10.1 Å². The van der Waals surface area contributed by atoms with Crippen LogP contribution in [0.1, 0.15) is 16.5 Å². The Morgan fingerprint density at radius 3 is 2.83 bits per heavy atom. The highest BCUT2D eigenvalue weighted by Crippen LogP contribution is 2.32. The molecule has 1 atom stereocenters. The third-order valence-electron chi connectivity index (χ3n) is 3.08. The molecule has 0 bridgehead atoms. The summed E-state index contributed by atoms with van der Waals surface area (Å²) in [6.45, 7) is 0. The summed E-state index contributed by atoms with van der Waals surface area (Å²) in [5, 5.41) is 8.92. The van der Waals surface area contributed by atoms with Crippen LogP contribution in [0, 0.1) is 0 Å². The molecule has 0 saturated heterocycles. The number of aryl methyl sites for hydroxylation is 1. The van der Waals surface area contributed by atoms with E-state index < -0.39 is 0 Å². The topological polar surface area (TPSA) is 29.9 Å². The predicted octanol–water partition coefficient (Wildman–Crippen LogP) is 2.94. The molecule has 3 aromatic rings. The lowest BCUT2D eigenvalue weighted by Crippen LogP contribution is -2.15. The van der Waals surface area contributed by atoms with Crippen LogP contribution in [0.4, 0.5) is 0 Å². The first-order chi connectivity index (χ1) is 8.78. The highest BCUT2D eigenvalue weighted by atomic mass is 32.1. The van der Waals surface area contributed by atoms with E-state index in [1.54, 1.807) is 0 Å². The number of thiophene rings is 1. The van der Waals surface area contributed by atoms with Crippen molar-refractivity contribution in [3.8, 4) is 0 Å². The Morgan fingerprint density at radius 1 is 1.33 bits per heavy atom. The minimum Gasteiger partial charge on any atom is -0.309 e. The molecule has 4 heteroatoms. The van der Waals surface area contributed by atoms with Crippen molar-refractivity contribution in [2.24, 2.45) is 7.05 Å². The van der Waals surface area contributed by atoms with Gasteiger partial charge < -0.3 is 5.32 Å². The van der Waals surface area contributed by atoms with Crippen LogP contribution in [-0.4, -0.2) is 16.8 Å². The smallest absolute Gasteiger partial charge is 0.0700 e. The van der Waals surface area contributed by atoms with E-state index in [-0.39, 0.29) is 6.04 Å². The summed E-state index contributed by atoms with van der Waals surface area (Å²) in [5.74, 6) is 0. The van der Waals surface area contributed by atoms with Gasteiger partial charge in [0.15, 0.2) is 0 Å². The molecule has 0 fully saturated rings. The Morgan fingerprint density at radius 2 is 2.17 bits per heavy atom. The van der Waals surface area contributed by atoms with Gasteiger partial charge in [-0.3, -0.25) is 4.68 Å².